The van der Waals surface area contributed by atoms with Gasteiger partial charge in [0.2, 0.25) is 15.9 Å². The van der Waals surface area contributed by atoms with Crippen LogP contribution >= 0.6 is 0 Å². The van der Waals surface area contributed by atoms with Crippen molar-refractivity contribution in [3.05, 3.63) is 0 Å². The number of rotatable bonds is 5. The zero-order valence-electron chi connectivity index (χ0n) is 8.15. The number of nitrogens with two attached hydrogens (primary N) is 1. The SMILES string of the molecule is CCN(CC(N)=O)S(=O)(=O)C(C)C. The van der Waals surface area contributed by atoms with Crippen molar-refractivity contribution in [2.24, 2.45) is 5.73 Å². The molecule has 0 aliphatic carbocycles. The van der Waals surface area contributed by atoms with E-state index in [0.717, 1.165) is 4.31 Å². The van der Waals surface area contributed by atoms with Crippen molar-refractivity contribution in [2.45, 2.75) is 26.0 Å². The highest BCUT2D eigenvalue weighted by molar-refractivity contribution is 7.89. The van der Waals surface area contributed by atoms with Crippen LogP contribution in [0.25, 0.3) is 0 Å². The highest BCUT2D eigenvalue weighted by atomic mass is 32.2. The predicted octanol–water partition coefficient (Wildman–Crippen LogP) is -0.468. The van der Waals surface area contributed by atoms with Crippen molar-refractivity contribution in [3.63, 3.8) is 0 Å². The first-order valence-electron chi connectivity index (χ1n) is 4.09. The molecule has 0 atom stereocenters. The number of hydrogen-bond donors (Lipinski definition) is 1. The molecule has 2 N–H and O–H groups in total. The maximum Gasteiger partial charge on any atom is 0.232 e. The number of carbonyl (C=O) groups excluding carboxylic acids is 1. The summed E-state index contributed by atoms with van der Waals surface area (Å²) in [6.07, 6.45) is 0. The van der Waals surface area contributed by atoms with Gasteiger partial charge in [-0.1, -0.05) is 6.92 Å². The van der Waals surface area contributed by atoms with E-state index < -0.39 is 21.2 Å². The number of amides is 1. The Balaban J connectivity index is 4.68. The predicted molar refractivity (Wildman–Crippen MR) is 50.5 cm³/mol. The Morgan fingerprint density at radius 2 is 1.92 bits per heavy atom. The van der Waals surface area contributed by atoms with Gasteiger partial charge in [-0.3, -0.25) is 4.79 Å². The second-order valence-electron chi connectivity index (χ2n) is 2.99. The molecule has 0 bridgehead atoms. The van der Waals surface area contributed by atoms with Gasteiger partial charge in [-0.05, 0) is 13.8 Å². The van der Waals surface area contributed by atoms with E-state index in [2.05, 4.69) is 0 Å². The first-order valence-corrected chi connectivity index (χ1v) is 5.60. The van der Waals surface area contributed by atoms with Gasteiger partial charge in [0.1, 0.15) is 0 Å². The largest absolute Gasteiger partial charge is 0.369 e. The summed E-state index contributed by atoms with van der Waals surface area (Å²) in [5.74, 6) is -0.633. The Labute approximate surface area is 79.0 Å². The third-order valence-electron chi connectivity index (χ3n) is 1.64. The lowest BCUT2D eigenvalue weighted by Gasteiger charge is -2.20. The van der Waals surface area contributed by atoms with Crippen molar-refractivity contribution < 1.29 is 13.2 Å². The van der Waals surface area contributed by atoms with E-state index in [9.17, 15) is 13.2 Å². The molecule has 0 saturated carbocycles. The quantitative estimate of drug-likeness (QED) is 0.663. The van der Waals surface area contributed by atoms with Gasteiger partial charge in [0.05, 0.1) is 11.8 Å². The molecule has 0 unspecified atom stereocenters. The topological polar surface area (TPSA) is 80.5 Å². The van der Waals surface area contributed by atoms with Gasteiger partial charge in [-0.25, -0.2) is 8.42 Å². The number of likely N-dealkylation sites (N-methyl/N-ethyl adjacent to an activating group) is 1. The Kier molecular flexibility index (Phi) is 4.35. The molecular formula is C7H16N2O3S. The van der Waals surface area contributed by atoms with Crippen molar-refractivity contribution in [1.82, 2.24) is 4.31 Å². The molecule has 0 fully saturated rings. The van der Waals surface area contributed by atoms with E-state index in [4.69, 9.17) is 5.73 Å². The molecule has 0 aromatic carbocycles. The molecule has 0 saturated heterocycles. The summed E-state index contributed by atoms with van der Waals surface area (Å²) in [4.78, 5) is 10.6. The molecule has 1 amide bonds. The van der Waals surface area contributed by atoms with Gasteiger partial charge in [0.25, 0.3) is 0 Å². The molecule has 0 radical (unpaired) electrons. The normalized spacial score (nSPS) is 12.4. The van der Waals surface area contributed by atoms with E-state index in [-0.39, 0.29) is 13.1 Å². The average Bonchev–Trinajstić information content (AvgIpc) is 1.99. The van der Waals surface area contributed by atoms with Gasteiger partial charge >= 0.3 is 0 Å². The Bertz CT molecular complexity index is 271. The Morgan fingerprint density at radius 3 is 2.15 bits per heavy atom. The van der Waals surface area contributed by atoms with Crippen LogP contribution in [0.3, 0.4) is 0 Å². The summed E-state index contributed by atoms with van der Waals surface area (Å²) < 4.78 is 24.1. The zero-order valence-corrected chi connectivity index (χ0v) is 8.97. The first kappa shape index (κ1) is 12.4. The van der Waals surface area contributed by atoms with Crippen molar-refractivity contribution in [2.75, 3.05) is 13.1 Å². The van der Waals surface area contributed by atoms with E-state index in [0.29, 0.717) is 0 Å². The fraction of sp³-hybridized carbons (Fsp3) is 0.857. The molecule has 13 heavy (non-hydrogen) atoms. The molecule has 5 nitrogen and oxygen atoms in total. The number of primary amides is 1. The van der Waals surface area contributed by atoms with Crippen LogP contribution in [0.1, 0.15) is 20.8 Å². The van der Waals surface area contributed by atoms with E-state index in [1.807, 2.05) is 0 Å². The van der Waals surface area contributed by atoms with Crippen LogP contribution in [0.4, 0.5) is 0 Å². The lowest BCUT2D eigenvalue weighted by molar-refractivity contribution is -0.118. The van der Waals surface area contributed by atoms with Crippen LogP contribution in [0.15, 0.2) is 0 Å². The van der Waals surface area contributed by atoms with Gasteiger partial charge in [-0.15, -0.1) is 0 Å². The minimum absolute atomic E-state index is 0.239. The molecule has 0 heterocycles. The number of carbonyl (C=O) groups is 1. The number of hydrogen-bond acceptors (Lipinski definition) is 3. The highest BCUT2D eigenvalue weighted by Gasteiger charge is 2.25. The maximum atomic E-state index is 11.5. The highest BCUT2D eigenvalue weighted by Crippen LogP contribution is 2.06. The second kappa shape index (κ2) is 4.57. The molecular weight excluding hydrogens is 192 g/mol. The lowest BCUT2D eigenvalue weighted by atomic mass is 10.6. The smallest absolute Gasteiger partial charge is 0.232 e. The second-order valence-corrected chi connectivity index (χ2v) is 5.48. The van der Waals surface area contributed by atoms with Crippen molar-refractivity contribution in [3.8, 4) is 0 Å². The molecule has 0 rings (SSSR count). The van der Waals surface area contributed by atoms with E-state index in [1.54, 1.807) is 20.8 Å². The fourth-order valence-electron chi connectivity index (χ4n) is 0.854. The van der Waals surface area contributed by atoms with Crippen molar-refractivity contribution in [1.29, 1.82) is 0 Å². The van der Waals surface area contributed by atoms with Crippen molar-refractivity contribution >= 4 is 15.9 Å². The standard InChI is InChI=1S/C7H16N2O3S/c1-4-9(5-7(8)10)13(11,12)6(2)3/h6H,4-5H2,1-3H3,(H2,8,10). The zero-order chi connectivity index (χ0) is 10.6. The van der Waals surface area contributed by atoms with Gasteiger partial charge in [0, 0.05) is 6.54 Å². The summed E-state index contributed by atoms with van der Waals surface area (Å²) in [7, 11) is -3.35. The molecule has 6 heteroatoms. The minimum Gasteiger partial charge on any atom is -0.369 e. The van der Waals surface area contributed by atoms with Crippen LogP contribution in [0.2, 0.25) is 0 Å². The van der Waals surface area contributed by atoms with Crippen LogP contribution in [0.5, 0.6) is 0 Å². The molecule has 0 aliphatic rings. The summed E-state index contributed by atoms with van der Waals surface area (Å²) >= 11 is 0. The van der Waals surface area contributed by atoms with Crippen LogP contribution in [-0.2, 0) is 14.8 Å². The first-order chi connectivity index (χ1) is 5.82. The monoisotopic (exact) mass is 208 g/mol. The van der Waals surface area contributed by atoms with Gasteiger partial charge < -0.3 is 5.73 Å². The summed E-state index contributed by atoms with van der Waals surface area (Å²) in [6, 6.07) is 0. The molecule has 78 valence electrons. The number of sulfonamides is 1. The fourth-order valence-corrected chi connectivity index (χ4v) is 2.12. The van der Waals surface area contributed by atoms with Gasteiger partial charge in [0.15, 0.2) is 0 Å². The molecule has 0 aliphatic heterocycles. The van der Waals surface area contributed by atoms with E-state index >= 15 is 0 Å². The van der Waals surface area contributed by atoms with Crippen LogP contribution in [0, 0.1) is 0 Å². The summed E-state index contributed by atoms with van der Waals surface area (Å²) in [6.45, 7) is 4.83. The molecule has 0 aromatic heterocycles. The maximum absolute atomic E-state index is 11.5. The van der Waals surface area contributed by atoms with Gasteiger partial charge in [-0.2, -0.15) is 4.31 Å². The average molecular weight is 208 g/mol. The lowest BCUT2D eigenvalue weighted by Crippen LogP contribution is -2.41. The van der Waals surface area contributed by atoms with E-state index in [1.165, 1.54) is 0 Å². The summed E-state index contributed by atoms with van der Waals surface area (Å²) in [5, 5.41) is -0.521. The summed E-state index contributed by atoms with van der Waals surface area (Å²) in [5.41, 5.74) is 4.92. The molecule has 0 aromatic rings. The van der Waals surface area contributed by atoms with Crippen LogP contribution < -0.4 is 5.73 Å². The Hall–Kier alpha value is -0.620. The minimum atomic E-state index is -3.35. The van der Waals surface area contributed by atoms with Crippen LogP contribution in [-0.4, -0.2) is 37.0 Å². The molecule has 0 spiro atoms. The Morgan fingerprint density at radius 1 is 1.46 bits per heavy atom. The third kappa shape index (κ3) is 3.31. The number of nitrogens with zero attached hydrogens (tertiary/aromatic N) is 1. The third-order valence-corrected chi connectivity index (χ3v) is 3.94.